The summed E-state index contributed by atoms with van der Waals surface area (Å²) in [5.74, 6) is -0.931. The molecule has 2 aromatic rings. The summed E-state index contributed by atoms with van der Waals surface area (Å²) in [4.78, 5) is 52.4. The third-order valence-electron chi connectivity index (χ3n) is 6.94. The van der Waals surface area contributed by atoms with Crippen molar-refractivity contribution in [1.82, 2.24) is 4.90 Å². The molecule has 2 aromatic carbocycles. The Kier molecular flexibility index (Phi) is 4.65. The average Bonchev–Trinajstić information content (AvgIpc) is 3.60. The molecule has 0 radical (unpaired) electrons. The number of nitrogens with zero attached hydrogens (tertiary/aromatic N) is 1. The third kappa shape index (κ3) is 3.23. The largest absolute Gasteiger partial charge is 0.454 e. The second kappa shape index (κ2) is 7.72. The van der Waals surface area contributed by atoms with Gasteiger partial charge in [-0.1, -0.05) is 24.3 Å². The molecule has 2 heterocycles. The highest BCUT2D eigenvalue weighted by Crippen LogP contribution is 2.52. The Labute approximate surface area is 194 Å². The van der Waals surface area contributed by atoms with Crippen molar-refractivity contribution in [3.63, 3.8) is 0 Å². The lowest BCUT2D eigenvalue weighted by molar-refractivity contribution is -0.143. The fourth-order valence-corrected chi connectivity index (χ4v) is 5.42. The van der Waals surface area contributed by atoms with Crippen LogP contribution in [0.1, 0.15) is 16.8 Å². The van der Waals surface area contributed by atoms with Crippen molar-refractivity contribution in [3.8, 4) is 11.5 Å². The van der Waals surface area contributed by atoms with Gasteiger partial charge in [0.2, 0.25) is 24.5 Å². The van der Waals surface area contributed by atoms with Crippen molar-refractivity contribution in [1.29, 1.82) is 0 Å². The number of ether oxygens (including phenoxy) is 2. The molecule has 34 heavy (non-hydrogen) atoms. The lowest BCUT2D eigenvalue weighted by atomic mass is 9.85. The first-order chi connectivity index (χ1) is 16.5. The van der Waals surface area contributed by atoms with E-state index in [1.165, 1.54) is 0 Å². The molecule has 4 aliphatic rings. The van der Waals surface area contributed by atoms with E-state index in [1.807, 2.05) is 12.2 Å². The van der Waals surface area contributed by atoms with Crippen molar-refractivity contribution in [2.45, 2.75) is 6.42 Å². The normalized spacial score (nSPS) is 25.6. The smallest absolute Gasteiger partial charge is 0.257 e. The minimum Gasteiger partial charge on any atom is -0.454 e. The van der Waals surface area contributed by atoms with E-state index in [1.54, 1.807) is 42.5 Å². The molecular weight excluding hydrogens is 438 g/mol. The molecule has 0 aromatic heterocycles. The number of para-hydroxylation sites is 1. The van der Waals surface area contributed by atoms with E-state index in [-0.39, 0.29) is 60.1 Å². The molecule has 2 fully saturated rings. The van der Waals surface area contributed by atoms with Gasteiger partial charge in [0.05, 0.1) is 23.1 Å². The number of allylic oxidation sites excluding steroid dienone is 2. The van der Waals surface area contributed by atoms with Crippen molar-refractivity contribution >= 4 is 35.0 Å². The summed E-state index contributed by atoms with van der Waals surface area (Å²) in [5, 5.41) is 5.47. The molecule has 1 saturated carbocycles. The molecule has 0 spiro atoms. The number of hydrogen-bond donors (Lipinski definition) is 2. The van der Waals surface area contributed by atoms with E-state index in [0.717, 1.165) is 11.3 Å². The molecule has 4 unspecified atom stereocenters. The van der Waals surface area contributed by atoms with Gasteiger partial charge >= 0.3 is 0 Å². The molecule has 4 atom stereocenters. The van der Waals surface area contributed by atoms with Crippen LogP contribution in [0.2, 0.25) is 0 Å². The predicted octanol–water partition coefficient (Wildman–Crippen LogP) is 2.41. The van der Waals surface area contributed by atoms with E-state index in [4.69, 9.17) is 9.47 Å². The van der Waals surface area contributed by atoms with Crippen molar-refractivity contribution in [3.05, 3.63) is 60.2 Å². The minimum absolute atomic E-state index is 0.0834. The topological polar surface area (TPSA) is 114 Å². The zero-order valence-electron chi connectivity index (χ0n) is 18.0. The first kappa shape index (κ1) is 20.5. The number of carbonyl (C=O) groups excluding carboxylic acids is 4. The first-order valence-electron chi connectivity index (χ1n) is 11.1. The van der Waals surface area contributed by atoms with E-state index in [2.05, 4.69) is 10.6 Å². The number of hydrogen-bond acceptors (Lipinski definition) is 6. The van der Waals surface area contributed by atoms with Gasteiger partial charge in [-0.15, -0.1) is 0 Å². The van der Waals surface area contributed by atoms with Crippen molar-refractivity contribution in [2.24, 2.45) is 23.7 Å². The Morgan fingerprint density at radius 1 is 0.912 bits per heavy atom. The summed E-state index contributed by atoms with van der Waals surface area (Å²) in [6, 6.07) is 11.6. The number of anilines is 2. The van der Waals surface area contributed by atoms with E-state index in [0.29, 0.717) is 17.2 Å². The summed E-state index contributed by atoms with van der Waals surface area (Å²) in [7, 11) is 0. The maximum Gasteiger partial charge on any atom is 0.257 e. The molecule has 4 amide bonds. The molecule has 2 N–H and O–H groups in total. The van der Waals surface area contributed by atoms with Crippen LogP contribution in [0, 0.1) is 23.7 Å². The monoisotopic (exact) mass is 459 g/mol. The van der Waals surface area contributed by atoms with Crippen LogP contribution in [0.4, 0.5) is 11.4 Å². The van der Waals surface area contributed by atoms with Crippen LogP contribution in [-0.4, -0.2) is 41.9 Å². The molecule has 9 heteroatoms. The van der Waals surface area contributed by atoms with Gasteiger partial charge < -0.3 is 20.1 Å². The van der Waals surface area contributed by atoms with Crippen LogP contribution < -0.4 is 20.1 Å². The van der Waals surface area contributed by atoms with Crippen LogP contribution >= 0.6 is 0 Å². The van der Waals surface area contributed by atoms with Crippen LogP contribution in [0.3, 0.4) is 0 Å². The molecule has 2 aliphatic carbocycles. The van der Waals surface area contributed by atoms with Gasteiger partial charge in [0.1, 0.15) is 6.54 Å². The first-order valence-corrected chi connectivity index (χ1v) is 11.1. The number of fused-ring (bicyclic) bond motifs is 6. The van der Waals surface area contributed by atoms with E-state index < -0.39 is 11.8 Å². The number of amides is 4. The summed E-state index contributed by atoms with van der Waals surface area (Å²) < 4.78 is 10.6. The molecule has 9 nitrogen and oxygen atoms in total. The van der Waals surface area contributed by atoms with Gasteiger partial charge in [-0.2, -0.15) is 0 Å². The van der Waals surface area contributed by atoms with Gasteiger partial charge in [0.15, 0.2) is 11.5 Å². The Morgan fingerprint density at radius 3 is 2.38 bits per heavy atom. The number of imide groups is 1. The summed E-state index contributed by atoms with van der Waals surface area (Å²) >= 11 is 0. The summed E-state index contributed by atoms with van der Waals surface area (Å²) in [6.07, 6.45) is 4.85. The fraction of sp³-hybridized carbons (Fsp3) is 0.280. The van der Waals surface area contributed by atoms with Gasteiger partial charge in [-0.05, 0) is 42.5 Å². The number of rotatable bonds is 5. The van der Waals surface area contributed by atoms with Gasteiger partial charge in [0.25, 0.3) is 5.91 Å². The second-order valence-corrected chi connectivity index (χ2v) is 8.88. The molecule has 2 bridgehead atoms. The fourth-order valence-electron chi connectivity index (χ4n) is 5.42. The summed E-state index contributed by atoms with van der Waals surface area (Å²) in [5.41, 5.74) is 1.04. The van der Waals surface area contributed by atoms with E-state index >= 15 is 0 Å². The number of carbonyl (C=O) groups is 4. The highest BCUT2D eigenvalue weighted by Gasteiger charge is 2.59. The quantitative estimate of drug-likeness (QED) is 0.524. The van der Waals surface area contributed by atoms with Crippen LogP contribution in [0.5, 0.6) is 11.5 Å². The molecule has 1 saturated heterocycles. The van der Waals surface area contributed by atoms with Crippen molar-refractivity contribution in [2.75, 3.05) is 24.0 Å². The zero-order valence-corrected chi connectivity index (χ0v) is 18.0. The highest BCUT2D eigenvalue weighted by atomic mass is 16.7. The molecule has 2 aliphatic heterocycles. The molecule has 6 rings (SSSR count). The predicted molar refractivity (Wildman–Crippen MR) is 120 cm³/mol. The Balaban J connectivity index is 1.14. The minimum atomic E-state index is -0.537. The van der Waals surface area contributed by atoms with Crippen LogP contribution in [0.25, 0.3) is 0 Å². The standard InChI is InChI=1S/C25H21N3O6/c29-20(11-28-24(31)21-13-5-6-14(9-13)22(21)25(28)32)27-17-4-2-1-3-16(17)23(30)26-15-7-8-18-19(10-15)34-12-33-18/h1-8,10,13-14,21-22H,9,11-12H2,(H,26,30)(H,27,29). The Hall–Kier alpha value is -4.14. The molecule has 172 valence electrons. The van der Waals surface area contributed by atoms with Crippen molar-refractivity contribution < 1.29 is 28.7 Å². The number of benzene rings is 2. The second-order valence-electron chi connectivity index (χ2n) is 8.88. The number of likely N-dealkylation sites (tertiary alicyclic amines) is 1. The SMILES string of the molecule is O=C(CN1C(=O)C2C3C=CC(C3)C2C1=O)Nc1ccccc1C(=O)Nc1ccc2c(c1)OCO2. The zero-order chi connectivity index (χ0) is 23.4. The average molecular weight is 459 g/mol. The third-order valence-corrected chi connectivity index (χ3v) is 6.94. The van der Waals surface area contributed by atoms with E-state index in [9.17, 15) is 19.2 Å². The lowest BCUT2D eigenvalue weighted by Gasteiger charge is -2.17. The van der Waals surface area contributed by atoms with Gasteiger partial charge in [0, 0.05) is 11.8 Å². The van der Waals surface area contributed by atoms with Gasteiger partial charge in [-0.25, -0.2) is 0 Å². The Bertz CT molecular complexity index is 1240. The van der Waals surface area contributed by atoms with Crippen LogP contribution in [-0.2, 0) is 14.4 Å². The van der Waals surface area contributed by atoms with Crippen LogP contribution in [0.15, 0.2) is 54.6 Å². The maximum atomic E-state index is 12.9. The van der Waals surface area contributed by atoms with Gasteiger partial charge in [-0.3, -0.25) is 24.1 Å². The summed E-state index contributed by atoms with van der Waals surface area (Å²) in [6.45, 7) is -0.245. The number of nitrogens with one attached hydrogen (secondary N) is 2. The lowest BCUT2D eigenvalue weighted by Crippen LogP contribution is -2.39. The Morgan fingerprint density at radius 2 is 1.62 bits per heavy atom. The molecular formula is C25H21N3O6. The maximum absolute atomic E-state index is 12.9. The highest BCUT2D eigenvalue weighted by molar-refractivity contribution is 6.12.